The van der Waals surface area contributed by atoms with Gasteiger partial charge in [0.25, 0.3) is 11.8 Å². The zero-order chi connectivity index (χ0) is 15.8. The summed E-state index contributed by atoms with van der Waals surface area (Å²) in [6.45, 7) is 8.00. The van der Waals surface area contributed by atoms with Gasteiger partial charge < -0.3 is 0 Å². The number of carbonyl (C=O) groups excluding carboxylic acids is 2. The zero-order valence-electron chi connectivity index (χ0n) is 13.0. The van der Waals surface area contributed by atoms with Crippen LogP contribution in [0.15, 0.2) is 54.6 Å². The third-order valence-electron chi connectivity index (χ3n) is 2.81. The predicted octanol–water partition coefficient (Wildman–Crippen LogP) is 4.54. The molecule has 0 aromatic heterocycles. The summed E-state index contributed by atoms with van der Waals surface area (Å²) in [6, 6.07) is 15.8. The lowest BCUT2D eigenvalue weighted by Gasteiger charge is -2.13. The van der Waals surface area contributed by atoms with Gasteiger partial charge in [0, 0.05) is 0 Å². The summed E-state index contributed by atoms with van der Waals surface area (Å²) in [5, 5.41) is 0. The number of carbonyl (C=O) groups is 2. The van der Waals surface area contributed by atoms with E-state index >= 15 is 0 Å². The van der Waals surface area contributed by atoms with Gasteiger partial charge in [-0.25, -0.2) is 4.90 Å². The number of hydrogen-bond donors (Lipinski definition) is 0. The Hall–Kier alpha value is -2.42. The normalized spacial score (nSPS) is 11.9. The molecule has 2 aromatic rings. The van der Waals surface area contributed by atoms with Crippen molar-refractivity contribution in [2.24, 2.45) is 0 Å². The van der Waals surface area contributed by atoms with Crippen molar-refractivity contribution in [1.29, 1.82) is 0 Å². The second-order valence-electron chi connectivity index (χ2n) is 3.83. The lowest BCUT2D eigenvalue weighted by molar-refractivity contribution is 0.0926. The highest BCUT2D eigenvalue weighted by molar-refractivity contribution is 6.34. The van der Waals surface area contributed by atoms with Crippen molar-refractivity contribution in [2.75, 3.05) is 4.90 Å². The van der Waals surface area contributed by atoms with E-state index in [1.54, 1.807) is 48.5 Å². The largest absolute Gasteiger partial charge is 0.268 e. The van der Waals surface area contributed by atoms with E-state index < -0.39 is 0 Å². The molecule has 0 saturated heterocycles. The molecule has 3 rings (SSSR count). The fourth-order valence-electron chi connectivity index (χ4n) is 2.00. The van der Waals surface area contributed by atoms with Crippen LogP contribution < -0.4 is 4.90 Å². The number of benzene rings is 2. The summed E-state index contributed by atoms with van der Waals surface area (Å²) in [5.74, 6) is -0.506. The molecule has 0 fully saturated rings. The summed E-state index contributed by atoms with van der Waals surface area (Å²) in [5.41, 5.74) is 1.56. The molecule has 0 N–H and O–H groups in total. The third kappa shape index (κ3) is 3.19. The third-order valence-corrected chi connectivity index (χ3v) is 2.81. The second-order valence-corrected chi connectivity index (χ2v) is 3.83. The SMILES string of the molecule is CC.CC.O=C1c2ccccc2C(=O)N1c1ccccc1. The Bertz CT molecular complexity index is 571. The molecule has 1 heterocycles. The first-order valence-corrected chi connectivity index (χ1v) is 7.32. The molecule has 2 amide bonds. The molecule has 0 unspecified atom stereocenters. The molecule has 21 heavy (non-hydrogen) atoms. The molecular formula is C18H21NO2. The van der Waals surface area contributed by atoms with Crippen LogP contribution in [0.25, 0.3) is 0 Å². The maximum atomic E-state index is 12.1. The van der Waals surface area contributed by atoms with Gasteiger partial charge in [0.15, 0.2) is 0 Å². The first-order chi connectivity index (χ1) is 10.3. The molecule has 0 bridgehead atoms. The maximum Gasteiger partial charge on any atom is 0.266 e. The lowest BCUT2D eigenvalue weighted by Crippen LogP contribution is -2.29. The van der Waals surface area contributed by atoms with Crippen LogP contribution >= 0.6 is 0 Å². The number of rotatable bonds is 1. The first kappa shape index (κ1) is 16.6. The maximum absolute atomic E-state index is 12.1. The molecule has 0 saturated carbocycles. The van der Waals surface area contributed by atoms with Gasteiger partial charge in [-0.3, -0.25) is 9.59 Å². The Labute approximate surface area is 126 Å². The number of imide groups is 1. The molecule has 110 valence electrons. The summed E-state index contributed by atoms with van der Waals surface area (Å²) in [7, 11) is 0. The van der Waals surface area contributed by atoms with E-state index in [0.29, 0.717) is 16.8 Å². The van der Waals surface area contributed by atoms with E-state index in [9.17, 15) is 9.59 Å². The quantitative estimate of drug-likeness (QED) is 0.720. The topological polar surface area (TPSA) is 37.4 Å². The molecular weight excluding hydrogens is 262 g/mol. The molecule has 3 heteroatoms. The number of nitrogens with zero attached hydrogens (tertiary/aromatic N) is 1. The van der Waals surface area contributed by atoms with Crippen LogP contribution in [-0.2, 0) is 0 Å². The highest BCUT2D eigenvalue weighted by Crippen LogP contribution is 2.27. The van der Waals surface area contributed by atoms with Crippen molar-refractivity contribution in [1.82, 2.24) is 0 Å². The highest BCUT2D eigenvalue weighted by atomic mass is 16.2. The monoisotopic (exact) mass is 283 g/mol. The molecule has 0 aliphatic carbocycles. The lowest BCUT2D eigenvalue weighted by atomic mass is 10.1. The van der Waals surface area contributed by atoms with Crippen molar-refractivity contribution in [2.45, 2.75) is 27.7 Å². The van der Waals surface area contributed by atoms with Crippen molar-refractivity contribution < 1.29 is 9.59 Å². The average molecular weight is 283 g/mol. The Morgan fingerprint density at radius 1 is 0.619 bits per heavy atom. The minimum absolute atomic E-state index is 0.253. The van der Waals surface area contributed by atoms with E-state index in [1.165, 1.54) is 4.90 Å². The van der Waals surface area contributed by atoms with Gasteiger partial charge >= 0.3 is 0 Å². The van der Waals surface area contributed by atoms with Crippen LogP contribution in [0.2, 0.25) is 0 Å². The number of para-hydroxylation sites is 1. The number of hydrogen-bond acceptors (Lipinski definition) is 2. The molecule has 0 spiro atoms. The van der Waals surface area contributed by atoms with Crippen LogP contribution in [0, 0.1) is 0 Å². The molecule has 0 atom stereocenters. The summed E-state index contributed by atoms with van der Waals surface area (Å²) >= 11 is 0. The van der Waals surface area contributed by atoms with Gasteiger partial charge in [0.05, 0.1) is 16.8 Å². The molecule has 0 radical (unpaired) electrons. The minimum Gasteiger partial charge on any atom is -0.268 e. The van der Waals surface area contributed by atoms with Gasteiger partial charge in [-0.2, -0.15) is 0 Å². The minimum atomic E-state index is -0.253. The fraction of sp³-hybridized carbons (Fsp3) is 0.222. The van der Waals surface area contributed by atoms with Crippen molar-refractivity contribution >= 4 is 17.5 Å². The van der Waals surface area contributed by atoms with E-state index in [1.807, 2.05) is 33.8 Å². The van der Waals surface area contributed by atoms with Gasteiger partial charge in [-0.15, -0.1) is 0 Å². The van der Waals surface area contributed by atoms with Crippen molar-refractivity contribution in [3.8, 4) is 0 Å². The van der Waals surface area contributed by atoms with Gasteiger partial charge in [-0.1, -0.05) is 58.0 Å². The molecule has 2 aromatic carbocycles. The van der Waals surface area contributed by atoms with E-state index in [2.05, 4.69) is 0 Å². The van der Waals surface area contributed by atoms with Gasteiger partial charge in [0.2, 0.25) is 0 Å². The van der Waals surface area contributed by atoms with E-state index in [4.69, 9.17) is 0 Å². The Morgan fingerprint density at radius 3 is 1.43 bits per heavy atom. The number of anilines is 1. The highest BCUT2D eigenvalue weighted by Gasteiger charge is 2.35. The van der Waals surface area contributed by atoms with Crippen LogP contribution in [0.3, 0.4) is 0 Å². The number of fused-ring (bicyclic) bond motifs is 1. The van der Waals surface area contributed by atoms with E-state index in [-0.39, 0.29) is 11.8 Å². The predicted molar refractivity (Wildman–Crippen MR) is 86.7 cm³/mol. The standard InChI is InChI=1S/C14H9NO2.2C2H6/c16-13-11-8-4-5-9-12(11)14(17)15(13)10-6-2-1-3-7-10;2*1-2/h1-9H;2*1-2H3. The zero-order valence-corrected chi connectivity index (χ0v) is 13.0. The molecule has 3 nitrogen and oxygen atoms in total. The van der Waals surface area contributed by atoms with Gasteiger partial charge in [-0.05, 0) is 24.3 Å². The Kier molecular flexibility index (Phi) is 6.34. The smallest absolute Gasteiger partial charge is 0.266 e. The summed E-state index contributed by atoms with van der Waals surface area (Å²) in [6.07, 6.45) is 0. The van der Waals surface area contributed by atoms with Crippen LogP contribution in [-0.4, -0.2) is 11.8 Å². The average Bonchev–Trinajstić information content (AvgIpc) is 2.84. The number of amides is 2. The van der Waals surface area contributed by atoms with Gasteiger partial charge in [0.1, 0.15) is 0 Å². The first-order valence-electron chi connectivity index (χ1n) is 7.32. The molecule has 1 aliphatic heterocycles. The molecule has 1 aliphatic rings. The summed E-state index contributed by atoms with van der Waals surface area (Å²) < 4.78 is 0. The fourth-order valence-corrected chi connectivity index (χ4v) is 2.00. The Morgan fingerprint density at radius 2 is 1.00 bits per heavy atom. The van der Waals surface area contributed by atoms with Crippen molar-refractivity contribution in [3.05, 3.63) is 65.7 Å². The van der Waals surface area contributed by atoms with E-state index in [0.717, 1.165) is 0 Å². The summed E-state index contributed by atoms with van der Waals surface area (Å²) in [4.78, 5) is 25.4. The van der Waals surface area contributed by atoms with Crippen molar-refractivity contribution in [3.63, 3.8) is 0 Å². The second kappa shape index (κ2) is 8.00. The Balaban J connectivity index is 0.000000510. The van der Waals surface area contributed by atoms with Crippen LogP contribution in [0.5, 0.6) is 0 Å². The van der Waals surface area contributed by atoms with Crippen LogP contribution in [0.4, 0.5) is 5.69 Å². The van der Waals surface area contributed by atoms with Crippen LogP contribution in [0.1, 0.15) is 48.4 Å².